The molecule has 7 heterocycles. The van der Waals surface area contributed by atoms with Gasteiger partial charge in [-0.2, -0.15) is 10.2 Å². The van der Waals surface area contributed by atoms with Gasteiger partial charge in [0.15, 0.2) is 11.5 Å². The minimum absolute atomic E-state index is 0.0270. The summed E-state index contributed by atoms with van der Waals surface area (Å²) in [4.78, 5) is 61.0. The Morgan fingerprint density at radius 1 is 0.983 bits per heavy atom. The molecular weight excluding hydrogens is 744 g/mol. The van der Waals surface area contributed by atoms with Crippen molar-refractivity contribution < 1.29 is 28.3 Å². The Morgan fingerprint density at radius 3 is 2.60 bits per heavy atom. The molecule has 5 aliphatic rings. The van der Waals surface area contributed by atoms with Crippen molar-refractivity contribution in [3.63, 3.8) is 0 Å². The molecule has 4 aliphatic heterocycles. The van der Waals surface area contributed by atoms with E-state index in [1.165, 1.54) is 11.1 Å². The predicted molar refractivity (Wildman–Crippen MR) is 211 cm³/mol. The number of rotatable bonds is 10. The number of carbonyl (C=O) groups excluding carboxylic acids is 4. The molecule has 1 saturated carbocycles. The third kappa shape index (κ3) is 6.92. The van der Waals surface area contributed by atoms with Gasteiger partial charge < -0.3 is 24.8 Å². The zero-order chi connectivity index (χ0) is 39.5. The summed E-state index contributed by atoms with van der Waals surface area (Å²) < 4.78 is 25.9. The van der Waals surface area contributed by atoms with Crippen LogP contribution in [0.3, 0.4) is 0 Å². The van der Waals surface area contributed by atoms with Gasteiger partial charge in [0, 0.05) is 80.3 Å². The molecular formula is C42H45FN10O5. The Bertz CT molecular complexity index is 2450. The quantitative estimate of drug-likeness (QED) is 0.192. The first-order valence-electron chi connectivity index (χ1n) is 20.4. The Labute approximate surface area is 333 Å². The summed E-state index contributed by atoms with van der Waals surface area (Å²) >= 11 is 0. The van der Waals surface area contributed by atoms with E-state index in [-0.39, 0.29) is 43.1 Å². The van der Waals surface area contributed by atoms with Gasteiger partial charge in [-0.25, -0.2) is 13.9 Å². The molecule has 5 aromatic rings. The number of aromatic nitrogens is 5. The first-order chi connectivity index (χ1) is 28.3. The van der Waals surface area contributed by atoms with Crippen molar-refractivity contribution in [1.82, 2.24) is 39.5 Å². The normalized spacial score (nSPS) is 20.9. The molecule has 300 valence electrons. The van der Waals surface area contributed by atoms with Crippen LogP contribution in [0, 0.1) is 17.7 Å². The number of nitrogens with zero attached hydrogens (tertiary/aromatic N) is 8. The van der Waals surface area contributed by atoms with Gasteiger partial charge in [-0.3, -0.25) is 29.2 Å². The zero-order valence-corrected chi connectivity index (χ0v) is 32.1. The summed E-state index contributed by atoms with van der Waals surface area (Å²) in [6.07, 6.45) is 13.5. The van der Waals surface area contributed by atoms with Crippen molar-refractivity contribution in [1.29, 1.82) is 0 Å². The first kappa shape index (κ1) is 36.4. The van der Waals surface area contributed by atoms with Crippen molar-refractivity contribution in [3.05, 3.63) is 77.6 Å². The number of hydrogen-bond acceptors (Lipinski definition) is 10. The van der Waals surface area contributed by atoms with Crippen molar-refractivity contribution in [2.45, 2.75) is 70.0 Å². The third-order valence-electron chi connectivity index (χ3n) is 12.6. The summed E-state index contributed by atoms with van der Waals surface area (Å²) in [5, 5.41) is 15.5. The van der Waals surface area contributed by atoms with Crippen molar-refractivity contribution in [2.24, 2.45) is 11.8 Å². The van der Waals surface area contributed by atoms with Crippen LogP contribution < -0.4 is 20.3 Å². The number of carbonyl (C=O) groups is 4. The standard InChI is InChI=1S/C42H45FN10O5/c43-38-31-23-51(35-6-7-37(54)47-41(35)56)42(57)29(31)4-5-34(38)50-16-8-25(9-17-50)21-49-14-10-28(11-15-49)53-22-27-18-33(36(19-32(27)48-53)58-24-26-2-3-26)46-40(55)30-20-45-52-13-1-12-44-39(30)52/h1,4-5,12-13,18-20,22,25-26,28,35H,2-3,6-11,14-17,21,23-24H2,(H,46,55)(H,47,54,56). The summed E-state index contributed by atoms with van der Waals surface area (Å²) in [6, 6.07) is 8.51. The fraction of sp³-hybridized carbons (Fsp3) is 0.452. The van der Waals surface area contributed by atoms with Crippen LogP contribution in [0.4, 0.5) is 15.8 Å². The van der Waals surface area contributed by atoms with E-state index in [1.807, 2.05) is 12.1 Å². The van der Waals surface area contributed by atoms with Crippen LogP contribution in [0.25, 0.3) is 16.6 Å². The average Bonchev–Trinajstić information content (AvgIpc) is 3.65. The lowest BCUT2D eigenvalue weighted by molar-refractivity contribution is -0.136. The van der Waals surface area contributed by atoms with Crippen molar-refractivity contribution >= 4 is 51.6 Å². The molecule has 15 nitrogen and oxygen atoms in total. The minimum Gasteiger partial charge on any atom is -0.491 e. The van der Waals surface area contributed by atoms with Crippen molar-refractivity contribution in [3.8, 4) is 5.75 Å². The molecule has 3 aromatic heterocycles. The van der Waals surface area contributed by atoms with Gasteiger partial charge in [0.1, 0.15) is 17.4 Å². The van der Waals surface area contributed by atoms with Gasteiger partial charge in [-0.1, -0.05) is 0 Å². The fourth-order valence-electron chi connectivity index (χ4n) is 9.07. The molecule has 2 aromatic carbocycles. The number of hydrogen-bond donors (Lipinski definition) is 2. The van der Waals surface area contributed by atoms with Gasteiger partial charge >= 0.3 is 0 Å². The summed E-state index contributed by atoms with van der Waals surface area (Å²) in [5.74, 6) is -0.261. The third-order valence-corrected chi connectivity index (χ3v) is 12.6. The Morgan fingerprint density at radius 2 is 1.81 bits per heavy atom. The molecule has 0 spiro atoms. The molecule has 4 fully saturated rings. The van der Waals surface area contributed by atoms with Gasteiger partial charge in [-0.15, -0.1) is 0 Å². The summed E-state index contributed by atoms with van der Waals surface area (Å²) in [6.45, 7) is 5.01. The number of benzene rings is 2. The number of ether oxygens (including phenoxy) is 1. The molecule has 16 heteroatoms. The van der Waals surface area contributed by atoms with E-state index in [0.717, 1.165) is 82.2 Å². The maximum atomic E-state index is 16.0. The van der Waals surface area contributed by atoms with Gasteiger partial charge in [0.2, 0.25) is 11.8 Å². The van der Waals surface area contributed by atoms with E-state index in [4.69, 9.17) is 9.84 Å². The van der Waals surface area contributed by atoms with Gasteiger partial charge in [0.25, 0.3) is 11.8 Å². The number of likely N-dealkylation sites (tertiary alicyclic amines) is 1. The van der Waals surface area contributed by atoms with Crippen molar-refractivity contribution in [2.75, 3.05) is 49.5 Å². The molecule has 4 amide bonds. The highest BCUT2D eigenvalue weighted by molar-refractivity contribution is 6.09. The van der Waals surface area contributed by atoms with Crippen LogP contribution in [0.1, 0.15) is 83.7 Å². The number of piperidine rings is 3. The van der Waals surface area contributed by atoms with E-state index in [1.54, 1.807) is 35.1 Å². The zero-order valence-electron chi connectivity index (χ0n) is 32.1. The van der Waals surface area contributed by atoms with E-state index < -0.39 is 17.8 Å². The molecule has 10 rings (SSSR count). The number of halogens is 1. The van der Waals surface area contributed by atoms with E-state index in [0.29, 0.717) is 57.9 Å². The largest absolute Gasteiger partial charge is 0.491 e. The summed E-state index contributed by atoms with van der Waals surface area (Å²) in [5.41, 5.74) is 3.42. The molecule has 58 heavy (non-hydrogen) atoms. The van der Waals surface area contributed by atoms with E-state index >= 15 is 4.39 Å². The number of imide groups is 1. The minimum atomic E-state index is -0.770. The topological polar surface area (TPSA) is 159 Å². The molecule has 1 atom stereocenters. The Balaban J connectivity index is 0.749. The van der Waals surface area contributed by atoms with Crippen LogP contribution in [-0.2, 0) is 16.1 Å². The predicted octanol–water partition coefficient (Wildman–Crippen LogP) is 4.57. The summed E-state index contributed by atoms with van der Waals surface area (Å²) in [7, 11) is 0. The second-order valence-corrected chi connectivity index (χ2v) is 16.5. The highest BCUT2D eigenvalue weighted by Crippen LogP contribution is 2.37. The molecule has 0 bridgehead atoms. The maximum absolute atomic E-state index is 16.0. The van der Waals surface area contributed by atoms with E-state index in [2.05, 4.69) is 41.4 Å². The van der Waals surface area contributed by atoms with E-state index in [9.17, 15) is 19.2 Å². The lowest BCUT2D eigenvalue weighted by Crippen LogP contribution is -2.52. The SMILES string of the molecule is O=C1CCC(N2Cc3c(ccc(N4CCC(CN5CCC(n6cc7cc(NC(=O)c8cnn9cccnc89)c(OCC8CC8)cc7n6)CC5)CC4)c3F)C2=O)C(=O)N1. The second-order valence-electron chi connectivity index (χ2n) is 16.5. The van der Waals surface area contributed by atoms with Crippen LogP contribution in [0.5, 0.6) is 5.75 Å². The smallest absolute Gasteiger partial charge is 0.261 e. The van der Waals surface area contributed by atoms with Crippen LogP contribution in [0.15, 0.2) is 55.1 Å². The average molecular weight is 789 g/mol. The molecule has 0 radical (unpaired) electrons. The number of amides is 4. The highest BCUT2D eigenvalue weighted by Gasteiger charge is 2.41. The van der Waals surface area contributed by atoms with Crippen LogP contribution in [0.2, 0.25) is 0 Å². The van der Waals surface area contributed by atoms with Crippen LogP contribution >= 0.6 is 0 Å². The van der Waals surface area contributed by atoms with Gasteiger partial charge in [0.05, 0.1) is 42.3 Å². The Kier molecular flexibility index (Phi) is 9.30. The number of fused-ring (bicyclic) bond motifs is 3. The lowest BCUT2D eigenvalue weighted by atomic mass is 9.94. The first-order valence-corrected chi connectivity index (χ1v) is 20.4. The monoisotopic (exact) mass is 788 g/mol. The van der Waals surface area contributed by atoms with Gasteiger partial charge in [-0.05, 0) is 81.0 Å². The number of anilines is 2. The molecule has 1 unspecified atom stereocenters. The highest BCUT2D eigenvalue weighted by atomic mass is 19.1. The Hall–Kier alpha value is -5.90. The number of nitrogens with one attached hydrogen (secondary N) is 2. The maximum Gasteiger partial charge on any atom is 0.261 e. The molecule has 3 saturated heterocycles. The van der Waals surface area contributed by atoms with Crippen LogP contribution in [-0.4, -0.2) is 103 Å². The second kappa shape index (κ2) is 14.8. The molecule has 2 N–H and O–H groups in total. The fourth-order valence-corrected chi connectivity index (χ4v) is 9.07. The molecule has 1 aliphatic carbocycles. The lowest BCUT2D eigenvalue weighted by Gasteiger charge is -2.38.